The molecule has 0 N–H and O–H groups in total. The number of carbonyl (C=O) groups excluding carboxylic acids is 1. The zero-order valence-corrected chi connectivity index (χ0v) is 14.1. The smallest absolute Gasteiger partial charge is 0.270 e. The first-order valence-corrected chi connectivity index (χ1v) is 9.10. The van der Waals surface area contributed by atoms with Crippen molar-refractivity contribution < 1.29 is 17.9 Å². The van der Waals surface area contributed by atoms with Crippen molar-refractivity contribution in [1.82, 2.24) is 9.47 Å². The summed E-state index contributed by atoms with van der Waals surface area (Å²) in [5.74, 6) is -0.255. The van der Waals surface area contributed by atoms with Gasteiger partial charge in [0.2, 0.25) is 0 Å². The molecule has 0 radical (unpaired) electrons. The van der Waals surface area contributed by atoms with Gasteiger partial charge in [0.05, 0.1) is 6.61 Å². The molecule has 0 unspecified atom stereocenters. The van der Waals surface area contributed by atoms with E-state index in [4.69, 9.17) is 15.4 Å². The molecule has 120 valence electrons. The van der Waals surface area contributed by atoms with E-state index in [9.17, 15) is 13.2 Å². The minimum atomic E-state index is -3.85. The van der Waals surface area contributed by atoms with E-state index in [0.717, 1.165) is 6.42 Å². The van der Waals surface area contributed by atoms with E-state index in [2.05, 4.69) is 0 Å². The van der Waals surface area contributed by atoms with E-state index in [1.165, 1.54) is 17.2 Å². The highest BCUT2D eigenvalue weighted by atomic mass is 35.7. The van der Waals surface area contributed by atoms with E-state index in [0.29, 0.717) is 32.0 Å². The van der Waals surface area contributed by atoms with E-state index < -0.39 is 9.05 Å². The average molecular weight is 337 g/mol. The molecule has 8 heteroatoms. The predicted octanol–water partition coefficient (Wildman–Crippen LogP) is 1.93. The van der Waals surface area contributed by atoms with Gasteiger partial charge in [-0.15, -0.1) is 0 Å². The predicted molar refractivity (Wildman–Crippen MR) is 81.2 cm³/mol. The van der Waals surface area contributed by atoms with Gasteiger partial charge in [0.25, 0.3) is 15.0 Å². The maximum Gasteiger partial charge on any atom is 0.270 e. The Balaban J connectivity index is 2.99. The van der Waals surface area contributed by atoms with Crippen LogP contribution >= 0.6 is 10.7 Å². The summed E-state index contributed by atoms with van der Waals surface area (Å²) in [6.45, 7) is 5.84. The number of amides is 1. The molecular weight excluding hydrogens is 316 g/mol. The van der Waals surface area contributed by atoms with Crippen molar-refractivity contribution in [2.24, 2.45) is 0 Å². The number of aryl methyl sites for hydroxylation is 1. The lowest BCUT2D eigenvalue weighted by Gasteiger charge is -2.18. The number of likely N-dealkylation sites (N-methyl/N-ethyl adjacent to an activating group) is 1. The topological polar surface area (TPSA) is 68.6 Å². The molecule has 0 saturated heterocycles. The van der Waals surface area contributed by atoms with Crippen molar-refractivity contribution in [1.29, 1.82) is 0 Å². The van der Waals surface area contributed by atoms with Gasteiger partial charge < -0.3 is 14.2 Å². The van der Waals surface area contributed by atoms with Gasteiger partial charge in [0.15, 0.2) is 0 Å². The van der Waals surface area contributed by atoms with Crippen molar-refractivity contribution in [3.8, 4) is 0 Å². The molecule has 0 atom stereocenters. The highest BCUT2D eigenvalue weighted by molar-refractivity contribution is 8.13. The quantitative estimate of drug-likeness (QED) is 0.537. The second-order valence-corrected chi connectivity index (χ2v) is 7.18. The van der Waals surface area contributed by atoms with E-state index in [1.54, 1.807) is 11.6 Å². The van der Waals surface area contributed by atoms with Gasteiger partial charge in [-0.25, -0.2) is 8.42 Å². The van der Waals surface area contributed by atoms with Crippen LogP contribution in [-0.4, -0.2) is 50.6 Å². The van der Waals surface area contributed by atoms with Crippen LogP contribution in [0.1, 0.15) is 30.8 Å². The Morgan fingerprint density at radius 1 is 1.43 bits per heavy atom. The third kappa shape index (κ3) is 5.01. The van der Waals surface area contributed by atoms with Crippen LogP contribution in [0, 0.1) is 0 Å². The second kappa shape index (κ2) is 7.82. The molecule has 0 aliphatic carbocycles. The summed E-state index contributed by atoms with van der Waals surface area (Å²) in [4.78, 5) is 13.8. The van der Waals surface area contributed by atoms with Crippen LogP contribution in [0.5, 0.6) is 0 Å². The highest BCUT2D eigenvalue weighted by Crippen LogP contribution is 2.20. The number of rotatable bonds is 8. The van der Waals surface area contributed by atoms with E-state index in [-0.39, 0.29) is 10.8 Å². The van der Waals surface area contributed by atoms with Crippen LogP contribution in [0.25, 0.3) is 0 Å². The fourth-order valence-electron chi connectivity index (χ4n) is 1.86. The summed E-state index contributed by atoms with van der Waals surface area (Å²) in [7, 11) is 3.15. The van der Waals surface area contributed by atoms with Crippen LogP contribution in [0.2, 0.25) is 0 Å². The Morgan fingerprint density at radius 3 is 2.62 bits per heavy atom. The first-order chi connectivity index (χ1) is 9.81. The number of nitrogens with zero attached hydrogens (tertiary/aromatic N) is 2. The van der Waals surface area contributed by atoms with Crippen molar-refractivity contribution in [2.75, 3.05) is 26.8 Å². The lowest BCUT2D eigenvalue weighted by Crippen LogP contribution is -2.31. The zero-order chi connectivity index (χ0) is 16.0. The van der Waals surface area contributed by atoms with Gasteiger partial charge in [-0.3, -0.25) is 4.79 Å². The molecule has 0 aromatic carbocycles. The summed E-state index contributed by atoms with van der Waals surface area (Å²) in [6.07, 6.45) is 2.18. The minimum absolute atomic E-state index is 0.0563. The van der Waals surface area contributed by atoms with E-state index in [1.807, 2.05) is 13.8 Å². The van der Waals surface area contributed by atoms with Gasteiger partial charge in [-0.2, -0.15) is 0 Å². The first kappa shape index (κ1) is 18.0. The van der Waals surface area contributed by atoms with Gasteiger partial charge in [0, 0.05) is 43.6 Å². The number of carbonyl (C=O) groups is 1. The molecule has 0 fully saturated rings. The Labute approximate surface area is 130 Å². The summed E-state index contributed by atoms with van der Waals surface area (Å²) in [5.41, 5.74) is 0.315. The monoisotopic (exact) mass is 336 g/mol. The largest absolute Gasteiger partial charge is 0.380 e. The lowest BCUT2D eigenvalue weighted by molar-refractivity contribution is 0.0700. The van der Waals surface area contributed by atoms with Crippen molar-refractivity contribution in [3.63, 3.8) is 0 Å². The normalized spacial score (nSPS) is 11.6. The number of hydrogen-bond acceptors (Lipinski definition) is 4. The maximum absolute atomic E-state index is 12.4. The number of ether oxygens (including phenoxy) is 1. The third-order valence-electron chi connectivity index (χ3n) is 2.96. The number of aromatic nitrogens is 1. The molecule has 0 aliphatic rings. The zero-order valence-electron chi connectivity index (χ0n) is 12.5. The molecule has 1 heterocycles. The highest BCUT2D eigenvalue weighted by Gasteiger charge is 2.21. The van der Waals surface area contributed by atoms with Crippen LogP contribution in [0.15, 0.2) is 17.2 Å². The average Bonchev–Trinajstić information content (AvgIpc) is 2.82. The Bertz CT molecular complexity index is 583. The molecule has 1 aromatic heterocycles. The molecule has 1 rings (SSSR count). The molecule has 0 saturated carbocycles. The van der Waals surface area contributed by atoms with Crippen LogP contribution < -0.4 is 0 Å². The Hall–Kier alpha value is -1.05. The van der Waals surface area contributed by atoms with E-state index >= 15 is 0 Å². The number of halogens is 1. The van der Waals surface area contributed by atoms with Crippen molar-refractivity contribution in [2.45, 2.75) is 31.7 Å². The fraction of sp³-hybridized carbons (Fsp3) is 0.615. The summed E-state index contributed by atoms with van der Waals surface area (Å²) in [6, 6.07) is 1.32. The van der Waals surface area contributed by atoms with Crippen molar-refractivity contribution in [3.05, 3.63) is 18.0 Å². The van der Waals surface area contributed by atoms with Gasteiger partial charge in [-0.1, -0.05) is 6.92 Å². The Morgan fingerprint density at radius 2 is 2.10 bits per heavy atom. The molecular formula is C13H21ClN2O4S. The van der Waals surface area contributed by atoms with Crippen LogP contribution in [-0.2, 0) is 20.3 Å². The third-order valence-corrected chi connectivity index (χ3v) is 4.28. The van der Waals surface area contributed by atoms with Gasteiger partial charge >= 0.3 is 0 Å². The molecule has 0 spiro atoms. The fourth-order valence-corrected chi connectivity index (χ4v) is 2.62. The number of hydrogen-bond donors (Lipinski definition) is 0. The molecule has 0 bridgehead atoms. The minimum Gasteiger partial charge on any atom is -0.380 e. The maximum atomic E-state index is 12.4. The van der Waals surface area contributed by atoms with Gasteiger partial charge in [0.1, 0.15) is 10.6 Å². The molecule has 1 amide bonds. The standard InChI is InChI=1S/C13H21ClN2O4S/c1-4-6-16-10-11(21(14,18)19)9-12(16)13(17)15(3)7-8-20-5-2/h9-10H,4-8H2,1-3H3. The first-order valence-electron chi connectivity index (χ1n) is 6.79. The van der Waals surface area contributed by atoms with Crippen molar-refractivity contribution >= 4 is 25.6 Å². The molecule has 6 nitrogen and oxygen atoms in total. The Kier molecular flexibility index (Phi) is 6.70. The van der Waals surface area contributed by atoms with Gasteiger partial charge in [-0.05, 0) is 19.4 Å². The second-order valence-electron chi connectivity index (χ2n) is 4.62. The van der Waals surface area contributed by atoms with Crippen LogP contribution in [0.4, 0.5) is 0 Å². The summed E-state index contributed by atoms with van der Waals surface area (Å²) >= 11 is 0. The summed E-state index contributed by atoms with van der Waals surface area (Å²) in [5, 5.41) is 0. The summed E-state index contributed by atoms with van der Waals surface area (Å²) < 4.78 is 29.7. The molecule has 21 heavy (non-hydrogen) atoms. The molecule has 0 aliphatic heterocycles. The van der Waals surface area contributed by atoms with Crippen LogP contribution in [0.3, 0.4) is 0 Å². The molecule has 1 aromatic rings. The SMILES string of the molecule is CCCn1cc(S(=O)(=O)Cl)cc1C(=O)N(C)CCOCC. The lowest BCUT2D eigenvalue weighted by atomic mass is 10.3.